The van der Waals surface area contributed by atoms with Crippen molar-refractivity contribution < 1.29 is 4.79 Å². The van der Waals surface area contributed by atoms with Crippen LogP contribution >= 0.6 is 23.5 Å². The fourth-order valence-corrected chi connectivity index (χ4v) is 5.52. The van der Waals surface area contributed by atoms with Crippen LogP contribution in [0.3, 0.4) is 0 Å². The lowest BCUT2D eigenvalue weighted by Gasteiger charge is -2.09. The van der Waals surface area contributed by atoms with Gasteiger partial charge in [-0.15, -0.1) is 23.5 Å². The van der Waals surface area contributed by atoms with Crippen LogP contribution in [0.25, 0.3) is 11.0 Å². The Hall–Kier alpha value is -2.12. The molecule has 0 radical (unpaired) electrons. The fraction of sp³-hybridized carbons (Fsp3) is 0.176. The Morgan fingerprint density at radius 1 is 1.00 bits per heavy atom. The van der Waals surface area contributed by atoms with E-state index in [1.807, 2.05) is 47.8 Å². The summed E-state index contributed by atoms with van der Waals surface area (Å²) in [5, 5.41) is 2.86. The molecule has 1 saturated heterocycles. The van der Waals surface area contributed by atoms with Crippen LogP contribution in [0.2, 0.25) is 0 Å². The van der Waals surface area contributed by atoms with Crippen molar-refractivity contribution in [2.45, 2.75) is 4.58 Å². The molecule has 122 valence electrons. The van der Waals surface area contributed by atoms with Gasteiger partial charge in [-0.25, -0.2) is 4.79 Å². The molecule has 0 saturated carbocycles. The SMILES string of the molecule is O=C(Nc1ccc2[nH]c(=O)[nH]c2c1)c1ccc(C2SCCS2)cc1. The standard InChI is InChI=1S/C17H15N3O2S2/c21-15(10-1-3-11(4-2-10)16-23-7-8-24-16)18-12-5-6-13-14(9-12)20-17(22)19-13/h1-6,9,16H,7-8H2,(H,18,21)(H2,19,20,22). The van der Waals surface area contributed by atoms with Gasteiger partial charge in [-0.3, -0.25) is 4.79 Å². The van der Waals surface area contributed by atoms with E-state index < -0.39 is 0 Å². The summed E-state index contributed by atoms with van der Waals surface area (Å²) in [5.41, 5.74) is 3.65. The van der Waals surface area contributed by atoms with Crippen LogP contribution < -0.4 is 11.0 Å². The minimum Gasteiger partial charge on any atom is -0.322 e. The van der Waals surface area contributed by atoms with Crippen LogP contribution in [0.15, 0.2) is 47.3 Å². The summed E-state index contributed by atoms with van der Waals surface area (Å²) >= 11 is 3.89. The largest absolute Gasteiger partial charge is 0.323 e. The third kappa shape index (κ3) is 3.09. The van der Waals surface area contributed by atoms with Crippen LogP contribution in [0.1, 0.15) is 20.5 Å². The van der Waals surface area contributed by atoms with Gasteiger partial charge in [-0.1, -0.05) is 12.1 Å². The number of carbonyl (C=O) groups excluding carboxylic acids is 1. The maximum atomic E-state index is 12.4. The molecule has 0 bridgehead atoms. The molecule has 3 N–H and O–H groups in total. The number of thioether (sulfide) groups is 2. The molecule has 0 aliphatic carbocycles. The number of benzene rings is 2. The van der Waals surface area contributed by atoms with E-state index in [1.54, 1.807) is 18.2 Å². The van der Waals surface area contributed by atoms with Crippen LogP contribution in [0.5, 0.6) is 0 Å². The number of aromatic nitrogens is 2. The summed E-state index contributed by atoms with van der Waals surface area (Å²) in [5.74, 6) is 2.20. The Morgan fingerprint density at radius 2 is 1.71 bits per heavy atom. The maximum Gasteiger partial charge on any atom is 0.323 e. The van der Waals surface area contributed by atoms with Crippen LogP contribution in [-0.4, -0.2) is 27.4 Å². The van der Waals surface area contributed by atoms with Crippen molar-refractivity contribution in [2.75, 3.05) is 16.8 Å². The van der Waals surface area contributed by atoms with Gasteiger partial charge in [0.05, 0.1) is 15.6 Å². The van der Waals surface area contributed by atoms with E-state index >= 15 is 0 Å². The minimum atomic E-state index is -0.258. The first-order valence-electron chi connectivity index (χ1n) is 7.56. The second kappa shape index (κ2) is 6.41. The normalized spacial score (nSPS) is 15.0. The molecule has 5 nitrogen and oxygen atoms in total. The lowest BCUT2D eigenvalue weighted by Crippen LogP contribution is -2.11. The summed E-state index contributed by atoms with van der Waals surface area (Å²) in [6.45, 7) is 0. The van der Waals surface area contributed by atoms with Crippen LogP contribution in [0.4, 0.5) is 5.69 Å². The topological polar surface area (TPSA) is 77.8 Å². The average molecular weight is 357 g/mol. The Labute approximate surface area is 146 Å². The first-order chi connectivity index (χ1) is 11.7. The zero-order valence-corrected chi connectivity index (χ0v) is 14.3. The maximum absolute atomic E-state index is 12.4. The third-order valence-electron chi connectivity index (χ3n) is 3.84. The van der Waals surface area contributed by atoms with Crippen molar-refractivity contribution >= 4 is 46.2 Å². The number of amides is 1. The zero-order valence-electron chi connectivity index (χ0n) is 12.7. The molecule has 2 aromatic carbocycles. The number of H-pyrrole nitrogens is 2. The molecule has 0 atom stereocenters. The van der Waals surface area contributed by atoms with Gasteiger partial charge >= 0.3 is 5.69 Å². The smallest absolute Gasteiger partial charge is 0.322 e. The van der Waals surface area contributed by atoms with Gasteiger partial charge in [0.25, 0.3) is 5.91 Å². The molecule has 1 amide bonds. The van der Waals surface area contributed by atoms with E-state index in [2.05, 4.69) is 15.3 Å². The number of carbonyl (C=O) groups is 1. The molecule has 1 aliphatic heterocycles. The molecule has 2 heterocycles. The van der Waals surface area contributed by atoms with Gasteiger partial charge < -0.3 is 15.3 Å². The molecular weight excluding hydrogens is 342 g/mol. The Morgan fingerprint density at radius 3 is 2.46 bits per heavy atom. The number of anilines is 1. The molecule has 1 aromatic heterocycles. The number of rotatable bonds is 3. The molecule has 0 unspecified atom stereocenters. The van der Waals surface area contributed by atoms with E-state index in [9.17, 15) is 9.59 Å². The third-order valence-corrected chi connectivity index (χ3v) is 6.95. The van der Waals surface area contributed by atoms with Gasteiger partial charge in [0.1, 0.15) is 0 Å². The van der Waals surface area contributed by atoms with E-state index in [-0.39, 0.29) is 11.6 Å². The number of imidazole rings is 1. The summed E-state index contributed by atoms with van der Waals surface area (Å²) in [6.07, 6.45) is 0. The lowest BCUT2D eigenvalue weighted by molar-refractivity contribution is 0.102. The van der Waals surface area contributed by atoms with Crippen molar-refractivity contribution in [1.82, 2.24) is 9.97 Å². The number of hydrogen-bond donors (Lipinski definition) is 3. The van der Waals surface area contributed by atoms with Gasteiger partial charge in [0.2, 0.25) is 0 Å². The van der Waals surface area contributed by atoms with Crippen molar-refractivity contribution in [3.05, 3.63) is 64.1 Å². The van der Waals surface area contributed by atoms with Gasteiger partial charge in [0.15, 0.2) is 0 Å². The van der Waals surface area contributed by atoms with E-state index in [0.717, 1.165) is 0 Å². The summed E-state index contributed by atoms with van der Waals surface area (Å²) in [4.78, 5) is 29.0. The summed E-state index contributed by atoms with van der Waals surface area (Å²) in [7, 11) is 0. The summed E-state index contributed by atoms with van der Waals surface area (Å²) in [6, 6.07) is 13.0. The highest BCUT2D eigenvalue weighted by Crippen LogP contribution is 2.45. The highest BCUT2D eigenvalue weighted by atomic mass is 32.2. The number of aromatic amines is 2. The van der Waals surface area contributed by atoms with Crippen molar-refractivity contribution in [3.8, 4) is 0 Å². The molecule has 24 heavy (non-hydrogen) atoms. The second-order valence-electron chi connectivity index (χ2n) is 5.49. The number of hydrogen-bond acceptors (Lipinski definition) is 4. The van der Waals surface area contributed by atoms with Gasteiger partial charge in [-0.05, 0) is 35.9 Å². The second-order valence-corrected chi connectivity index (χ2v) is 8.21. The van der Waals surface area contributed by atoms with E-state index in [4.69, 9.17) is 0 Å². The van der Waals surface area contributed by atoms with E-state index in [1.165, 1.54) is 17.1 Å². The first-order valence-corrected chi connectivity index (χ1v) is 9.65. The zero-order chi connectivity index (χ0) is 16.5. The predicted octanol–water partition coefficient (Wildman–Crippen LogP) is 3.59. The van der Waals surface area contributed by atoms with Crippen molar-refractivity contribution in [1.29, 1.82) is 0 Å². The lowest BCUT2D eigenvalue weighted by atomic mass is 10.1. The Bertz CT molecular complexity index is 940. The van der Waals surface area contributed by atoms with Gasteiger partial charge in [0, 0.05) is 22.8 Å². The number of nitrogens with one attached hydrogen (secondary N) is 3. The monoisotopic (exact) mass is 357 g/mol. The Balaban J connectivity index is 1.50. The van der Waals surface area contributed by atoms with Crippen molar-refractivity contribution in [2.24, 2.45) is 0 Å². The first kappa shape index (κ1) is 15.4. The molecule has 1 fully saturated rings. The fourth-order valence-electron chi connectivity index (χ4n) is 2.66. The predicted molar refractivity (Wildman–Crippen MR) is 101 cm³/mol. The van der Waals surface area contributed by atoms with Crippen LogP contribution in [0, 0.1) is 0 Å². The highest BCUT2D eigenvalue weighted by molar-refractivity contribution is 8.19. The molecule has 0 spiro atoms. The highest BCUT2D eigenvalue weighted by Gasteiger charge is 2.18. The average Bonchev–Trinajstić information content (AvgIpc) is 3.23. The van der Waals surface area contributed by atoms with Gasteiger partial charge in [-0.2, -0.15) is 0 Å². The summed E-state index contributed by atoms with van der Waals surface area (Å²) < 4.78 is 0.481. The molecule has 4 rings (SSSR count). The minimum absolute atomic E-state index is 0.162. The quantitative estimate of drug-likeness (QED) is 0.669. The molecule has 7 heteroatoms. The number of fused-ring (bicyclic) bond motifs is 1. The van der Waals surface area contributed by atoms with E-state index in [0.29, 0.717) is 26.9 Å². The Kier molecular flexibility index (Phi) is 4.12. The molecular formula is C17H15N3O2S2. The molecule has 3 aromatic rings. The van der Waals surface area contributed by atoms with Crippen LogP contribution in [-0.2, 0) is 0 Å². The molecule has 1 aliphatic rings. The van der Waals surface area contributed by atoms with Crippen molar-refractivity contribution in [3.63, 3.8) is 0 Å².